The summed E-state index contributed by atoms with van der Waals surface area (Å²) >= 11 is 0. The maximum absolute atomic E-state index is 14.2. The van der Waals surface area contributed by atoms with E-state index in [1.54, 1.807) is 26.2 Å². The standard InChI is InChI=1S/C33H43N5O8/c1-35(2)10-11-38(7)15-17-8-9-22(46-17)19-14-21(36(3)4)18-12-16-13-20-26(37(5)6)29(41)25(32(34)44)31(43)33(20,45)30(42)23(16)28(40)24(18)27(19)39/h8-9,14,16,20,26,39-40,43,45H,10-13,15H2,1-7H3,(H2,34,44)/t16-,20-,26?,33-/m0/s1. The molecule has 1 fully saturated rings. The van der Waals surface area contributed by atoms with Crippen LogP contribution in [0.3, 0.4) is 0 Å². The Morgan fingerprint density at radius 3 is 2.30 bits per heavy atom. The topological polar surface area (TPSA) is 184 Å². The minimum Gasteiger partial charge on any atom is -0.508 e. The minimum absolute atomic E-state index is 0.0125. The molecular weight excluding hydrogens is 594 g/mol. The molecule has 46 heavy (non-hydrogen) atoms. The molecule has 248 valence electrons. The predicted molar refractivity (Wildman–Crippen MR) is 171 cm³/mol. The van der Waals surface area contributed by atoms with Crippen molar-refractivity contribution in [3.05, 3.63) is 52.0 Å². The van der Waals surface area contributed by atoms with Gasteiger partial charge in [0.05, 0.1) is 23.7 Å². The second-order valence-electron chi connectivity index (χ2n) is 13.3. The van der Waals surface area contributed by atoms with Crippen molar-refractivity contribution in [2.24, 2.45) is 17.6 Å². The highest BCUT2D eigenvalue weighted by Gasteiger charge is 2.64. The van der Waals surface area contributed by atoms with Gasteiger partial charge in [-0.25, -0.2) is 0 Å². The van der Waals surface area contributed by atoms with Crippen LogP contribution in [0.4, 0.5) is 5.69 Å². The molecule has 0 radical (unpaired) electrons. The molecule has 1 unspecified atom stereocenters. The SMILES string of the molecule is CN(C)CCN(C)Cc1ccc(-c2cc(N(C)C)c3c(c2O)C(O)=C2C(=O)[C@]4(O)C(O)=C(C(N)=O)C(=O)C(N(C)C)[C@@H]4C[C@@H]2C3)o1. The zero-order valence-electron chi connectivity index (χ0n) is 27.3. The van der Waals surface area contributed by atoms with E-state index in [1.807, 2.05) is 46.2 Å². The highest BCUT2D eigenvalue weighted by molar-refractivity contribution is 6.24. The predicted octanol–water partition coefficient (Wildman–Crippen LogP) is 1.28. The van der Waals surface area contributed by atoms with Crippen LogP contribution in [0, 0.1) is 11.8 Å². The number of nitrogens with zero attached hydrogens (tertiary/aromatic N) is 4. The lowest BCUT2D eigenvalue weighted by atomic mass is 9.57. The molecule has 1 aromatic heterocycles. The lowest BCUT2D eigenvalue weighted by molar-refractivity contribution is -0.153. The van der Waals surface area contributed by atoms with Gasteiger partial charge in [-0.2, -0.15) is 0 Å². The summed E-state index contributed by atoms with van der Waals surface area (Å²) in [5.74, 6) is -5.86. The molecule has 2 aromatic rings. The Morgan fingerprint density at radius 2 is 1.72 bits per heavy atom. The first-order valence-electron chi connectivity index (χ1n) is 15.1. The van der Waals surface area contributed by atoms with Crippen molar-refractivity contribution >= 4 is 28.9 Å². The number of Topliss-reactive ketones (excluding diaryl/α,β-unsaturated/α-hetero) is 2. The molecule has 0 spiro atoms. The first-order valence-corrected chi connectivity index (χ1v) is 15.1. The maximum Gasteiger partial charge on any atom is 0.255 e. The molecule has 1 heterocycles. The number of nitrogens with two attached hydrogens (primary N) is 1. The third-order valence-electron chi connectivity index (χ3n) is 9.46. The van der Waals surface area contributed by atoms with Gasteiger partial charge in [0.2, 0.25) is 5.78 Å². The maximum atomic E-state index is 14.2. The van der Waals surface area contributed by atoms with Crippen molar-refractivity contribution in [1.29, 1.82) is 0 Å². The molecule has 0 bridgehead atoms. The quantitative estimate of drug-likeness (QED) is 0.249. The van der Waals surface area contributed by atoms with E-state index >= 15 is 0 Å². The van der Waals surface area contributed by atoms with Crippen LogP contribution in [0.2, 0.25) is 0 Å². The average molecular weight is 638 g/mol. The Morgan fingerprint density at radius 1 is 1.04 bits per heavy atom. The van der Waals surface area contributed by atoms with Crippen LogP contribution >= 0.6 is 0 Å². The number of carbonyl (C=O) groups is 3. The fourth-order valence-corrected chi connectivity index (χ4v) is 7.20. The Bertz CT molecular complexity index is 1670. The molecule has 3 aliphatic rings. The molecule has 13 heteroatoms. The molecule has 1 amide bonds. The van der Waals surface area contributed by atoms with E-state index in [4.69, 9.17) is 10.2 Å². The molecule has 1 saturated carbocycles. The lowest BCUT2D eigenvalue weighted by Gasteiger charge is -2.50. The van der Waals surface area contributed by atoms with Crippen molar-refractivity contribution in [1.82, 2.24) is 14.7 Å². The number of fused-ring (bicyclic) bond motifs is 3. The number of likely N-dealkylation sites (N-methyl/N-ethyl adjacent to an activating group) is 3. The lowest BCUT2D eigenvalue weighted by Crippen LogP contribution is -2.65. The van der Waals surface area contributed by atoms with Crippen molar-refractivity contribution in [3.8, 4) is 17.1 Å². The number of aliphatic hydroxyl groups excluding tert-OH is 2. The molecule has 0 aliphatic heterocycles. The molecule has 0 saturated heterocycles. The van der Waals surface area contributed by atoms with Gasteiger partial charge in [0.15, 0.2) is 11.4 Å². The Hall–Kier alpha value is -4.17. The highest BCUT2D eigenvalue weighted by atomic mass is 16.4. The first-order chi connectivity index (χ1) is 21.5. The normalized spacial score (nSPS) is 24.5. The number of aliphatic hydroxyl groups is 3. The van der Waals surface area contributed by atoms with E-state index < -0.39 is 58.0 Å². The van der Waals surface area contributed by atoms with Gasteiger partial charge >= 0.3 is 0 Å². The van der Waals surface area contributed by atoms with Crippen LogP contribution < -0.4 is 10.6 Å². The zero-order chi connectivity index (χ0) is 34.0. The van der Waals surface area contributed by atoms with Crippen LogP contribution in [-0.2, 0) is 27.3 Å². The van der Waals surface area contributed by atoms with Crippen LogP contribution in [0.1, 0.15) is 23.3 Å². The summed E-state index contributed by atoms with van der Waals surface area (Å²) in [5, 5.41) is 46.4. The Labute approximate surface area is 267 Å². The van der Waals surface area contributed by atoms with Crippen LogP contribution in [-0.4, -0.2) is 127 Å². The van der Waals surface area contributed by atoms with E-state index in [0.29, 0.717) is 34.9 Å². The summed E-state index contributed by atoms with van der Waals surface area (Å²) in [6.07, 6.45) is 0.208. The number of hydrogen-bond donors (Lipinski definition) is 5. The number of rotatable bonds is 9. The largest absolute Gasteiger partial charge is 0.508 e. The summed E-state index contributed by atoms with van der Waals surface area (Å²) in [6.45, 7) is 2.22. The number of anilines is 1. The van der Waals surface area contributed by atoms with E-state index in [-0.39, 0.29) is 29.7 Å². The molecular formula is C33H43N5O8. The van der Waals surface area contributed by atoms with Gasteiger partial charge in [0.1, 0.15) is 34.4 Å². The van der Waals surface area contributed by atoms with Crippen molar-refractivity contribution in [2.75, 3.05) is 67.3 Å². The number of phenolic OH excluding ortho intramolecular Hbond substituents is 1. The smallest absolute Gasteiger partial charge is 0.255 e. The van der Waals surface area contributed by atoms with Crippen molar-refractivity contribution in [2.45, 2.75) is 31.0 Å². The fourth-order valence-electron chi connectivity index (χ4n) is 7.20. The summed E-state index contributed by atoms with van der Waals surface area (Å²) in [7, 11) is 12.8. The number of primary amides is 1. The summed E-state index contributed by atoms with van der Waals surface area (Å²) in [4.78, 5) is 47.3. The number of hydrogen-bond acceptors (Lipinski definition) is 12. The van der Waals surface area contributed by atoms with Gasteiger partial charge < -0.3 is 40.4 Å². The van der Waals surface area contributed by atoms with Gasteiger partial charge in [-0.1, -0.05) is 0 Å². The monoisotopic (exact) mass is 637 g/mol. The summed E-state index contributed by atoms with van der Waals surface area (Å²) < 4.78 is 6.14. The van der Waals surface area contributed by atoms with E-state index in [2.05, 4.69) is 9.80 Å². The van der Waals surface area contributed by atoms with Gasteiger partial charge in [-0.15, -0.1) is 0 Å². The highest BCUT2D eigenvalue weighted by Crippen LogP contribution is 2.55. The molecule has 1 aromatic carbocycles. The number of amides is 1. The second kappa shape index (κ2) is 11.9. The number of carbonyl (C=O) groups excluding carboxylic acids is 3. The van der Waals surface area contributed by atoms with Gasteiger partial charge in [-0.3, -0.25) is 24.2 Å². The molecule has 6 N–H and O–H groups in total. The number of phenols is 1. The molecule has 13 nitrogen and oxygen atoms in total. The third-order valence-corrected chi connectivity index (χ3v) is 9.46. The van der Waals surface area contributed by atoms with Crippen LogP contribution in [0.15, 0.2) is 39.5 Å². The van der Waals surface area contributed by atoms with Crippen molar-refractivity contribution in [3.63, 3.8) is 0 Å². The zero-order valence-corrected chi connectivity index (χ0v) is 27.3. The van der Waals surface area contributed by atoms with E-state index in [9.17, 15) is 34.8 Å². The average Bonchev–Trinajstić information content (AvgIpc) is 3.41. The number of benzene rings is 1. The minimum atomic E-state index is -2.70. The first kappa shape index (κ1) is 33.2. The van der Waals surface area contributed by atoms with Gasteiger partial charge in [-0.05, 0) is 77.8 Å². The van der Waals surface area contributed by atoms with Crippen molar-refractivity contribution < 1.29 is 39.2 Å². The van der Waals surface area contributed by atoms with E-state index in [1.165, 1.54) is 4.90 Å². The third kappa shape index (κ3) is 5.16. The number of aromatic hydroxyl groups is 1. The molecule has 3 aliphatic carbocycles. The number of ketones is 2. The van der Waals surface area contributed by atoms with Crippen LogP contribution in [0.5, 0.6) is 5.75 Å². The fraction of sp³-hybridized carbons (Fsp3) is 0.485. The van der Waals surface area contributed by atoms with E-state index in [0.717, 1.165) is 13.1 Å². The second-order valence-corrected chi connectivity index (χ2v) is 13.3. The summed E-state index contributed by atoms with van der Waals surface area (Å²) in [5.41, 5.74) is 3.23. The van der Waals surface area contributed by atoms with Crippen LogP contribution in [0.25, 0.3) is 17.1 Å². The van der Waals surface area contributed by atoms with Gasteiger partial charge in [0.25, 0.3) is 5.91 Å². The Balaban J connectivity index is 1.63. The van der Waals surface area contributed by atoms with Gasteiger partial charge in [0, 0.05) is 44.4 Å². The molecule has 4 atom stereocenters. The molecule has 5 rings (SSSR count). The number of furan rings is 1. The summed E-state index contributed by atoms with van der Waals surface area (Å²) in [6, 6.07) is 4.18. The Kier molecular flexibility index (Phi) is 8.58.